The summed E-state index contributed by atoms with van der Waals surface area (Å²) >= 11 is 0. The Morgan fingerprint density at radius 3 is 2.14 bits per heavy atom. The molecule has 1 N–H and O–H groups in total. The maximum atomic E-state index is 12.9. The SMILES string of the molecule is C=C(C)Cc1cc(OC)c(O)c2cc(C(=O)OCC)nc(C(c3ccccc3)c3ccccc3)c12. The predicted molar refractivity (Wildman–Crippen MR) is 138 cm³/mol. The molecule has 4 aromatic rings. The van der Waals surface area contributed by atoms with Gasteiger partial charge < -0.3 is 14.6 Å². The number of aromatic nitrogens is 1. The number of methoxy groups -OCH3 is 1. The van der Waals surface area contributed by atoms with E-state index in [9.17, 15) is 9.90 Å². The second-order valence-corrected chi connectivity index (χ2v) is 8.51. The van der Waals surface area contributed by atoms with Gasteiger partial charge in [0.25, 0.3) is 0 Å². The lowest BCUT2D eigenvalue weighted by molar-refractivity contribution is 0.0519. The quantitative estimate of drug-likeness (QED) is 0.239. The Balaban J connectivity index is 2.15. The highest BCUT2D eigenvalue weighted by molar-refractivity contribution is 6.00. The minimum Gasteiger partial charge on any atom is -0.504 e. The molecule has 0 radical (unpaired) electrons. The van der Waals surface area contributed by atoms with E-state index in [1.165, 1.54) is 7.11 Å². The van der Waals surface area contributed by atoms with Gasteiger partial charge in [-0.05, 0) is 49.1 Å². The van der Waals surface area contributed by atoms with Crippen LogP contribution in [-0.2, 0) is 11.2 Å². The monoisotopic (exact) mass is 467 g/mol. The maximum Gasteiger partial charge on any atom is 0.356 e. The van der Waals surface area contributed by atoms with E-state index in [1.807, 2.05) is 73.7 Å². The molecule has 4 rings (SSSR count). The molecule has 0 amide bonds. The molecule has 0 aliphatic carbocycles. The summed E-state index contributed by atoms with van der Waals surface area (Å²) < 4.78 is 10.8. The van der Waals surface area contributed by atoms with Crippen LogP contribution in [0.3, 0.4) is 0 Å². The Morgan fingerprint density at radius 1 is 1.03 bits per heavy atom. The number of carbonyl (C=O) groups is 1. The molecule has 0 unspecified atom stereocenters. The summed E-state index contributed by atoms with van der Waals surface area (Å²) in [6, 6.07) is 23.5. The molecular formula is C30H29NO4. The third-order valence-electron chi connectivity index (χ3n) is 5.90. The molecule has 5 heteroatoms. The van der Waals surface area contributed by atoms with E-state index in [4.69, 9.17) is 14.5 Å². The van der Waals surface area contributed by atoms with Gasteiger partial charge in [0.05, 0.1) is 25.3 Å². The second-order valence-electron chi connectivity index (χ2n) is 8.51. The van der Waals surface area contributed by atoms with Crippen LogP contribution in [-0.4, -0.2) is 29.8 Å². The van der Waals surface area contributed by atoms with E-state index in [0.29, 0.717) is 23.3 Å². The molecule has 0 fully saturated rings. The molecule has 35 heavy (non-hydrogen) atoms. The first-order chi connectivity index (χ1) is 16.9. The Kier molecular flexibility index (Phi) is 7.16. The van der Waals surface area contributed by atoms with Gasteiger partial charge in [-0.2, -0.15) is 0 Å². The number of aromatic hydroxyl groups is 1. The number of phenolic OH excluding ortho intramolecular Hbond substituents is 1. The number of ether oxygens (including phenoxy) is 2. The zero-order valence-electron chi connectivity index (χ0n) is 20.2. The third-order valence-corrected chi connectivity index (χ3v) is 5.90. The molecule has 0 saturated heterocycles. The lowest BCUT2D eigenvalue weighted by atomic mass is 9.84. The molecular weight excluding hydrogens is 438 g/mol. The van der Waals surface area contributed by atoms with Gasteiger partial charge in [-0.1, -0.05) is 72.8 Å². The Morgan fingerprint density at radius 2 is 1.63 bits per heavy atom. The zero-order chi connectivity index (χ0) is 24.9. The molecule has 1 heterocycles. The molecule has 0 spiro atoms. The lowest BCUT2D eigenvalue weighted by Gasteiger charge is -2.23. The van der Waals surface area contributed by atoms with Crippen molar-refractivity contribution in [3.8, 4) is 11.5 Å². The topological polar surface area (TPSA) is 68.7 Å². The van der Waals surface area contributed by atoms with Crippen LogP contribution in [0.5, 0.6) is 11.5 Å². The van der Waals surface area contributed by atoms with E-state index < -0.39 is 5.97 Å². The van der Waals surface area contributed by atoms with Gasteiger partial charge in [0.1, 0.15) is 5.69 Å². The highest BCUT2D eigenvalue weighted by atomic mass is 16.5. The standard InChI is InChI=1S/C30H29NO4/c1-5-35-30(33)24-18-23-27(22(16-19(2)3)17-25(34-4)29(23)32)28(31-24)26(20-12-8-6-9-13-20)21-14-10-7-11-15-21/h6-15,17-18,26,32H,2,5,16H2,1,3-4H3. The van der Waals surface area contributed by atoms with Crippen LogP contribution >= 0.6 is 0 Å². The number of phenols is 1. The predicted octanol–water partition coefficient (Wildman–Crippen LogP) is 6.42. The minimum absolute atomic E-state index is 0.0398. The fourth-order valence-corrected chi connectivity index (χ4v) is 4.46. The van der Waals surface area contributed by atoms with Crippen molar-refractivity contribution in [1.82, 2.24) is 4.98 Å². The lowest BCUT2D eigenvalue weighted by Crippen LogP contribution is -2.13. The molecule has 5 nitrogen and oxygen atoms in total. The van der Waals surface area contributed by atoms with Crippen LogP contribution in [0.1, 0.15) is 52.6 Å². The highest BCUT2D eigenvalue weighted by Crippen LogP contribution is 2.43. The zero-order valence-corrected chi connectivity index (χ0v) is 20.2. The average molecular weight is 468 g/mol. The number of pyridine rings is 1. The van der Waals surface area contributed by atoms with Crippen molar-refractivity contribution in [1.29, 1.82) is 0 Å². The summed E-state index contributed by atoms with van der Waals surface area (Å²) in [5.74, 6) is -0.538. The van der Waals surface area contributed by atoms with Crippen LogP contribution in [0.15, 0.2) is 84.9 Å². The van der Waals surface area contributed by atoms with Crippen molar-refractivity contribution in [3.05, 3.63) is 113 Å². The van der Waals surface area contributed by atoms with Gasteiger partial charge in [-0.25, -0.2) is 9.78 Å². The van der Waals surface area contributed by atoms with Crippen LogP contribution in [0.4, 0.5) is 0 Å². The number of allylic oxidation sites excluding steroid dienone is 1. The van der Waals surface area contributed by atoms with Crippen LogP contribution in [0.25, 0.3) is 10.8 Å². The van der Waals surface area contributed by atoms with E-state index in [2.05, 4.69) is 6.58 Å². The number of carbonyl (C=O) groups excluding carboxylic acids is 1. The number of hydrogen-bond donors (Lipinski definition) is 1. The highest BCUT2D eigenvalue weighted by Gasteiger charge is 2.27. The molecule has 0 aliphatic heterocycles. The van der Waals surface area contributed by atoms with Crippen LogP contribution < -0.4 is 4.74 Å². The van der Waals surface area contributed by atoms with Gasteiger partial charge in [-0.3, -0.25) is 0 Å². The van der Waals surface area contributed by atoms with Crippen molar-refractivity contribution in [3.63, 3.8) is 0 Å². The van der Waals surface area contributed by atoms with Gasteiger partial charge in [0.15, 0.2) is 11.5 Å². The number of esters is 1. The van der Waals surface area contributed by atoms with E-state index >= 15 is 0 Å². The number of rotatable bonds is 8. The number of hydrogen-bond acceptors (Lipinski definition) is 5. The summed E-state index contributed by atoms with van der Waals surface area (Å²) in [7, 11) is 1.51. The smallest absolute Gasteiger partial charge is 0.356 e. The van der Waals surface area contributed by atoms with Gasteiger partial charge in [-0.15, -0.1) is 0 Å². The first-order valence-corrected chi connectivity index (χ1v) is 11.6. The van der Waals surface area contributed by atoms with Gasteiger partial charge in [0.2, 0.25) is 0 Å². The minimum atomic E-state index is -0.542. The molecule has 0 atom stereocenters. The summed E-state index contributed by atoms with van der Waals surface area (Å²) in [6.07, 6.45) is 0.566. The van der Waals surface area contributed by atoms with Crippen LogP contribution in [0, 0.1) is 0 Å². The van der Waals surface area contributed by atoms with Crippen LogP contribution in [0.2, 0.25) is 0 Å². The van der Waals surface area contributed by atoms with Crippen molar-refractivity contribution in [2.45, 2.75) is 26.2 Å². The molecule has 178 valence electrons. The second kappa shape index (κ2) is 10.4. The maximum absolute atomic E-state index is 12.9. The summed E-state index contributed by atoms with van der Waals surface area (Å²) in [5.41, 5.74) is 4.70. The fourth-order valence-electron chi connectivity index (χ4n) is 4.46. The van der Waals surface area contributed by atoms with E-state index in [-0.39, 0.29) is 24.0 Å². The third kappa shape index (κ3) is 4.90. The first kappa shape index (κ1) is 24.0. The van der Waals surface area contributed by atoms with E-state index in [0.717, 1.165) is 27.6 Å². The summed E-state index contributed by atoms with van der Waals surface area (Å²) in [6.45, 7) is 8.03. The largest absolute Gasteiger partial charge is 0.504 e. The molecule has 0 saturated carbocycles. The normalized spacial score (nSPS) is 11.0. The average Bonchev–Trinajstić information content (AvgIpc) is 2.87. The number of nitrogens with zero attached hydrogens (tertiary/aromatic N) is 1. The number of benzene rings is 3. The Bertz CT molecular complexity index is 1320. The first-order valence-electron chi connectivity index (χ1n) is 11.6. The summed E-state index contributed by atoms with van der Waals surface area (Å²) in [5, 5.41) is 12.4. The van der Waals surface area contributed by atoms with Crippen molar-refractivity contribution in [2.24, 2.45) is 0 Å². The van der Waals surface area contributed by atoms with Crippen molar-refractivity contribution in [2.75, 3.05) is 13.7 Å². The molecule has 1 aromatic heterocycles. The molecule has 0 aliphatic rings. The van der Waals surface area contributed by atoms with E-state index in [1.54, 1.807) is 13.0 Å². The van der Waals surface area contributed by atoms with Gasteiger partial charge >= 0.3 is 5.97 Å². The fraction of sp³-hybridized carbons (Fsp3) is 0.200. The summed E-state index contributed by atoms with van der Waals surface area (Å²) in [4.78, 5) is 17.7. The Labute approximate surface area is 205 Å². The molecule has 3 aromatic carbocycles. The van der Waals surface area contributed by atoms with Crippen molar-refractivity contribution >= 4 is 16.7 Å². The van der Waals surface area contributed by atoms with Gasteiger partial charge in [0, 0.05) is 10.8 Å². The van der Waals surface area contributed by atoms with Crippen molar-refractivity contribution < 1.29 is 19.4 Å². The number of fused-ring (bicyclic) bond motifs is 1. The Hall–Kier alpha value is -4.12. The molecule has 0 bridgehead atoms.